The minimum atomic E-state index is -0.554. The molecule has 0 aliphatic carbocycles. The number of nitrogens with one attached hydrogen (secondary N) is 1. The Bertz CT molecular complexity index is 699. The van der Waals surface area contributed by atoms with E-state index in [1.54, 1.807) is 11.9 Å². The van der Waals surface area contributed by atoms with Gasteiger partial charge in [-0.3, -0.25) is 9.69 Å². The molecule has 1 unspecified atom stereocenters. The molecule has 3 amide bonds. The van der Waals surface area contributed by atoms with Crippen LogP contribution in [0, 0.1) is 5.82 Å². The van der Waals surface area contributed by atoms with Crippen molar-refractivity contribution in [2.24, 2.45) is 0 Å². The van der Waals surface area contributed by atoms with Crippen LogP contribution in [-0.4, -0.2) is 85.7 Å². The number of urea groups is 1. The van der Waals surface area contributed by atoms with Crippen LogP contribution in [-0.2, 0) is 16.1 Å². The molecule has 2 fully saturated rings. The molecule has 148 valence electrons. The molecule has 2 aliphatic rings. The molecule has 0 saturated carbocycles. The standard InChI is InChI=1S/C18H24ClFN4O3/c1-22-16(17(25)21-11-13-2-3-14(20)10-15(13)19)12-24(18(22)26)5-4-23-6-8-27-9-7-23/h2-3,10,16H,4-9,11-12H2,1H3,(H,21,25). The number of hydrogen-bond acceptors (Lipinski definition) is 4. The fourth-order valence-corrected chi connectivity index (χ4v) is 3.50. The number of rotatable bonds is 6. The van der Waals surface area contributed by atoms with Gasteiger partial charge in [-0.05, 0) is 17.7 Å². The maximum absolute atomic E-state index is 13.1. The zero-order valence-corrected chi connectivity index (χ0v) is 16.0. The second-order valence-electron chi connectivity index (χ2n) is 6.76. The number of carbonyl (C=O) groups is 2. The summed E-state index contributed by atoms with van der Waals surface area (Å²) in [6.45, 7) is 5.03. The topological polar surface area (TPSA) is 65.1 Å². The Morgan fingerprint density at radius 1 is 1.33 bits per heavy atom. The van der Waals surface area contributed by atoms with Crippen LogP contribution in [0.15, 0.2) is 18.2 Å². The highest BCUT2D eigenvalue weighted by molar-refractivity contribution is 6.31. The van der Waals surface area contributed by atoms with Crippen LogP contribution in [0.4, 0.5) is 9.18 Å². The van der Waals surface area contributed by atoms with Crippen LogP contribution in [0.5, 0.6) is 0 Å². The number of halogens is 2. The number of nitrogens with zero attached hydrogens (tertiary/aromatic N) is 3. The summed E-state index contributed by atoms with van der Waals surface area (Å²) in [7, 11) is 1.63. The van der Waals surface area contributed by atoms with Gasteiger partial charge in [-0.15, -0.1) is 0 Å². The zero-order chi connectivity index (χ0) is 19.4. The Balaban J connectivity index is 1.51. The fraction of sp³-hybridized carbons (Fsp3) is 0.556. The molecule has 0 aromatic heterocycles. The number of ether oxygens (including phenoxy) is 1. The predicted octanol–water partition coefficient (Wildman–Crippen LogP) is 1.16. The lowest BCUT2D eigenvalue weighted by molar-refractivity contribution is -0.124. The third kappa shape index (κ3) is 4.88. The van der Waals surface area contributed by atoms with E-state index in [2.05, 4.69) is 10.2 Å². The Morgan fingerprint density at radius 3 is 2.78 bits per heavy atom. The highest BCUT2D eigenvalue weighted by Crippen LogP contribution is 2.18. The third-order valence-corrected chi connectivity index (χ3v) is 5.35. The Labute approximate surface area is 163 Å². The van der Waals surface area contributed by atoms with Crippen LogP contribution in [0.2, 0.25) is 5.02 Å². The summed E-state index contributed by atoms with van der Waals surface area (Å²) in [5, 5.41) is 3.05. The number of morpholine rings is 1. The summed E-state index contributed by atoms with van der Waals surface area (Å²) in [6.07, 6.45) is 0. The lowest BCUT2D eigenvalue weighted by Gasteiger charge is -2.28. The second kappa shape index (κ2) is 8.86. The number of carbonyl (C=O) groups excluding carboxylic acids is 2. The summed E-state index contributed by atoms with van der Waals surface area (Å²) in [5.41, 5.74) is 0.627. The van der Waals surface area contributed by atoms with Gasteiger partial charge in [0.2, 0.25) is 5.91 Å². The lowest BCUT2D eigenvalue weighted by atomic mass is 10.2. The SMILES string of the molecule is CN1C(=O)N(CCN2CCOCC2)CC1C(=O)NCc1ccc(F)cc1Cl. The van der Waals surface area contributed by atoms with Gasteiger partial charge < -0.3 is 19.9 Å². The first-order chi connectivity index (χ1) is 13.0. The van der Waals surface area contributed by atoms with Crippen LogP contribution < -0.4 is 5.32 Å². The molecule has 1 atom stereocenters. The monoisotopic (exact) mass is 398 g/mol. The van der Waals surface area contributed by atoms with Crippen molar-refractivity contribution in [3.63, 3.8) is 0 Å². The molecule has 9 heteroatoms. The van der Waals surface area contributed by atoms with E-state index in [0.717, 1.165) is 19.6 Å². The molecule has 2 saturated heterocycles. The Hall–Kier alpha value is -1.90. The molecule has 0 bridgehead atoms. The van der Waals surface area contributed by atoms with Crippen molar-refractivity contribution >= 4 is 23.5 Å². The quantitative estimate of drug-likeness (QED) is 0.781. The number of hydrogen-bond donors (Lipinski definition) is 1. The van der Waals surface area contributed by atoms with Gasteiger partial charge in [0.1, 0.15) is 11.9 Å². The van der Waals surface area contributed by atoms with Crippen LogP contribution in [0.25, 0.3) is 0 Å². The van der Waals surface area contributed by atoms with E-state index in [-0.39, 0.29) is 23.5 Å². The first-order valence-corrected chi connectivity index (χ1v) is 9.37. The van der Waals surface area contributed by atoms with Gasteiger partial charge in [0, 0.05) is 44.8 Å². The van der Waals surface area contributed by atoms with Gasteiger partial charge in [0.15, 0.2) is 0 Å². The van der Waals surface area contributed by atoms with E-state index < -0.39 is 11.9 Å². The molecule has 0 spiro atoms. The maximum atomic E-state index is 13.1. The predicted molar refractivity (Wildman–Crippen MR) is 99.0 cm³/mol. The second-order valence-corrected chi connectivity index (χ2v) is 7.17. The van der Waals surface area contributed by atoms with Gasteiger partial charge in [0.25, 0.3) is 0 Å². The lowest BCUT2D eigenvalue weighted by Crippen LogP contribution is -2.43. The third-order valence-electron chi connectivity index (χ3n) is 4.99. The molecular formula is C18H24ClFN4O3. The summed E-state index contributed by atoms with van der Waals surface area (Å²) < 4.78 is 18.4. The van der Waals surface area contributed by atoms with Crippen molar-refractivity contribution in [3.05, 3.63) is 34.6 Å². The summed E-state index contributed by atoms with van der Waals surface area (Å²) >= 11 is 5.99. The minimum absolute atomic E-state index is 0.150. The normalized spacial score (nSPS) is 21.0. The molecule has 3 rings (SSSR count). The molecule has 27 heavy (non-hydrogen) atoms. The summed E-state index contributed by atoms with van der Waals surface area (Å²) in [4.78, 5) is 30.4. The van der Waals surface area contributed by atoms with E-state index >= 15 is 0 Å². The van der Waals surface area contributed by atoms with Crippen LogP contribution in [0.1, 0.15) is 5.56 Å². The van der Waals surface area contributed by atoms with Crippen molar-refractivity contribution in [2.45, 2.75) is 12.6 Å². The van der Waals surface area contributed by atoms with Crippen molar-refractivity contribution in [1.29, 1.82) is 0 Å². The van der Waals surface area contributed by atoms with E-state index in [9.17, 15) is 14.0 Å². The average Bonchev–Trinajstić information content (AvgIpc) is 2.95. The smallest absolute Gasteiger partial charge is 0.320 e. The first-order valence-electron chi connectivity index (χ1n) is 8.99. The van der Waals surface area contributed by atoms with Gasteiger partial charge >= 0.3 is 6.03 Å². The largest absolute Gasteiger partial charge is 0.379 e. The first kappa shape index (κ1) is 19.9. The van der Waals surface area contributed by atoms with E-state index in [0.29, 0.717) is 31.9 Å². The Kier molecular flexibility index (Phi) is 6.51. The summed E-state index contributed by atoms with van der Waals surface area (Å²) in [6, 6.07) is 3.34. The minimum Gasteiger partial charge on any atom is -0.379 e. The van der Waals surface area contributed by atoms with Gasteiger partial charge in [-0.1, -0.05) is 17.7 Å². The molecule has 1 N–H and O–H groups in total. The number of benzene rings is 1. The van der Waals surface area contributed by atoms with E-state index in [1.807, 2.05) is 0 Å². The molecule has 2 aliphatic heterocycles. The molecule has 1 aromatic rings. The number of likely N-dealkylation sites (N-methyl/N-ethyl adjacent to an activating group) is 1. The van der Waals surface area contributed by atoms with Crippen molar-refractivity contribution in [3.8, 4) is 0 Å². The molecular weight excluding hydrogens is 375 g/mol. The highest BCUT2D eigenvalue weighted by Gasteiger charge is 2.38. The van der Waals surface area contributed by atoms with Gasteiger partial charge in [0.05, 0.1) is 19.8 Å². The van der Waals surface area contributed by atoms with Crippen molar-refractivity contribution in [2.75, 3.05) is 53.0 Å². The summed E-state index contributed by atoms with van der Waals surface area (Å²) in [5.74, 6) is -0.674. The maximum Gasteiger partial charge on any atom is 0.320 e. The molecule has 7 nitrogen and oxygen atoms in total. The zero-order valence-electron chi connectivity index (χ0n) is 15.3. The molecule has 1 aromatic carbocycles. The Morgan fingerprint density at radius 2 is 2.07 bits per heavy atom. The van der Waals surface area contributed by atoms with E-state index in [1.165, 1.54) is 23.1 Å². The van der Waals surface area contributed by atoms with Gasteiger partial charge in [-0.25, -0.2) is 9.18 Å². The molecule has 2 heterocycles. The van der Waals surface area contributed by atoms with Crippen molar-refractivity contribution < 1.29 is 18.7 Å². The van der Waals surface area contributed by atoms with E-state index in [4.69, 9.17) is 16.3 Å². The average molecular weight is 399 g/mol. The van der Waals surface area contributed by atoms with Gasteiger partial charge in [-0.2, -0.15) is 0 Å². The van der Waals surface area contributed by atoms with Crippen LogP contribution in [0.3, 0.4) is 0 Å². The molecule has 0 radical (unpaired) electrons. The van der Waals surface area contributed by atoms with Crippen molar-refractivity contribution in [1.82, 2.24) is 20.0 Å². The number of amides is 3. The fourth-order valence-electron chi connectivity index (χ4n) is 3.26. The van der Waals surface area contributed by atoms with Crippen LogP contribution >= 0.6 is 11.6 Å². The highest BCUT2D eigenvalue weighted by atomic mass is 35.5.